The van der Waals surface area contributed by atoms with Crippen LogP contribution in [-0.4, -0.2) is 36.4 Å². The second-order valence-electron chi connectivity index (χ2n) is 5.20. The first-order chi connectivity index (χ1) is 10.3. The molecule has 0 bridgehead atoms. The second-order valence-corrected chi connectivity index (χ2v) is 8.66. The van der Waals surface area contributed by atoms with Crippen LogP contribution < -0.4 is 5.32 Å². The number of halogens is 3. The number of rotatable bonds is 6. The molecule has 0 aliphatic heterocycles. The maximum absolute atomic E-state index is 12.5. The number of nitrogens with one attached hydrogen (secondary N) is 1. The molecular formula is C12H15F3N2O4S2. The molecule has 1 rings (SSSR count). The molecule has 130 valence electrons. The Morgan fingerprint density at radius 3 is 2.30 bits per heavy atom. The Hall–Kier alpha value is -1.49. The van der Waals surface area contributed by atoms with Gasteiger partial charge in [-0.2, -0.15) is 24.9 Å². The standard InChI is InChI=1S/C12H15F3N2O4S2/c1-11(2,22-3)7-16-9-5-4-8(6-10(9)17(18)19)23(20,21)12(13,14)15/h4-6,16H,7H2,1-3H3. The van der Waals surface area contributed by atoms with Crippen LogP contribution in [0.25, 0.3) is 0 Å². The van der Waals surface area contributed by atoms with Crippen LogP contribution in [0.4, 0.5) is 24.5 Å². The number of sulfone groups is 1. The summed E-state index contributed by atoms with van der Waals surface area (Å²) in [6, 6.07) is 2.08. The lowest BCUT2D eigenvalue weighted by atomic mass is 10.2. The van der Waals surface area contributed by atoms with Gasteiger partial charge in [0.15, 0.2) is 0 Å². The van der Waals surface area contributed by atoms with E-state index in [1.807, 2.05) is 20.1 Å². The summed E-state index contributed by atoms with van der Waals surface area (Å²) in [5.74, 6) is 0. The lowest BCUT2D eigenvalue weighted by Crippen LogP contribution is -2.26. The Labute approximate surface area is 135 Å². The van der Waals surface area contributed by atoms with Gasteiger partial charge in [-0.15, -0.1) is 0 Å². The van der Waals surface area contributed by atoms with Gasteiger partial charge in [-0.05, 0) is 32.2 Å². The molecular weight excluding hydrogens is 357 g/mol. The van der Waals surface area contributed by atoms with Gasteiger partial charge >= 0.3 is 5.51 Å². The Kier molecular flexibility index (Phi) is 5.57. The maximum atomic E-state index is 12.5. The van der Waals surface area contributed by atoms with Crippen LogP contribution in [0.5, 0.6) is 0 Å². The summed E-state index contributed by atoms with van der Waals surface area (Å²) in [5, 5.41) is 13.8. The number of nitro groups is 1. The van der Waals surface area contributed by atoms with E-state index in [9.17, 15) is 31.7 Å². The van der Waals surface area contributed by atoms with E-state index in [1.54, 1.807) is 0 Å². The summed E-state index contributed by atoms with van der Waals surface area (Å²) in [7, 11) is -5.63. The van der Waals surface area contributed by atoms with Crippen molar-refractivity contribution in [3.63, 3.8) is 0 Å². The lowest BCUT2D eigenvalue weighted by Gasteiger charge is -2.23. The quantitative estimate of drug-likeness (QED) is 0.608. The minimum absolute atomic E-state index is 0.0433. The van der Waals surface area contributed by atoms with Crippen LogP contribution in [0.1, 0.15) is 13.8 Å². The van der Waals surface area contributed by atoms with Crippen molar-refractivity contribution >= 4 is 33.0 Å². The fourth-order valence-electron chi connectivity index (χ4n) is 1.49. The molecule has 0 saturated heterocycles. The fourth-order valence-corrected chi connectivity index (χ4v) is 2.49. The van der Waals surface area contributed by atoms with Gasteiger partial charge in [0.1, 0.15) is 5.69 Å². The molecule has 0 unspecified atom stereocenters. The zero-order chi connectivity index (χ0) is 18.1. The van der Waals surface area contributed by atoms with Gasteiger partial charge in [-0.1, -0.05) is 0 Å². The van der Waals surface area contributed by atoms with E-state index in [0.29, 0.717) is 18.7 Å². The molecule has 0 aliphatic carbocycles. The summed E-state index contributed by atoms with van der Waals surface area (Å²) in [6.45, 7) is 4.05. The summed E-state index contributed by atoms with van der Waals surface area (Å²) >= 11 is 1.49. The van der Waals surface area contributed by atoms with Gasteiger partial charge < -0.3 is 5.32 Å². The van der Waals surface area contributed by atoms with Crippen LogP contribution in [0, 0.1) is 10.1 Å². The number of hydrogen-bond acceptors (Lipinski definition) is 6. The van der Waals surface area contributed by atoms with Gasteiger partial charge in [-0.25, -0.2) is 8.42 Å². The first-order valence-electron chi connectivity index (χ1n) is 6.20. The average molecular weight is 372 g/mol. The predicted molar refractivity (Wildman–Crippen MR) is 82.4 cm³/mol. The van der Waals surface area contributed by atoms with E-state index in [-0.39, 0.29) is 10.4 Å². The first kappa shape index (κ1) is 19.6. The molecule has 1 aromatic carbocycles. The van der Waals surface area contributed by atoms with Gasteiger partial charge in [0.2, 0.25) is 0 Å². The van der Waals surface area contributed by atoms with Gasteiger partial charge in [0.25, 0.3) is 15.5 Å². The van der Waals surface area contributed by atoms with Crippen LogP contribution in [0.2, 0.25) is 0 Å². The molecule has 11 heteroatoms. The first-order valence-corrected chi connectivity index (χ1v) is 8.91. The highest BCUT2D eigenvalue weighted by Gasteiger charge is 2.47. The number of hydrogen-bond donors (Lipinski definition) is 1. The van der Waals surface area contributed by atoms with Crippen molar-refractivity contribution in [2.24, 2.45) is 0 Å². The van der Waals surface area contributed by atoms with Crippen molar-refractivity contribution < 1.29 is 26.5 Å². The molecule has 1 N–H and O–H groups in total. The maximum Gasteiger partial charge on any atom is 0.501 e. The Bertz CT molecular complexity index is 703. The van der Waals surface area contributed by atoms with Crippen molar-refractivity contribution in [1.82, 2.24) is 0 Å². The molecule has 0 heterocycles. The largest absolute Gasteiger partial charge is 0.501 e. The predicted octanol–water partition coefficient (Wildman–Crippen LogP) is 3.44. The van der Waals surface area contributed by atoms with Crippen LogP contribution in [-0.2, 0) is 9.84 Å². The molecule has 0 spiro atoms. The monoisotopic (exact) mass is 372 g/mol. The van der Waals surface area contributed by atoms with Crippen LogP contribution in [0.15, 0.2) is 23.1 Å². The highest BCUT2D eigenvalue weighted by Crippen LogP contribution is 2.35. The molecule has 0 saturated carbocycles. The highest BCUT2D eigenvalue weighted by molar-refractivity contribution is 8.00. The number of thioether (sulfide) groups is 1. The minimum Gasteiger partial charge on any atom is -0.378 e. The molecule has 6 nitrogen and oxygen atoms in total. The van der Waals surface area contributed by atoms with E-state index in [0.717, 1.165) is 6.07 Å². The minimum atomic E-state index is -5.63. The molecule has 0 radical (unpaired) electrons. The van der Waals surface area contributed by atoms with Gasteiger partial charge in [0.05, 0.1) is 9.82 Å². The zero-order valence-electron chi connectivity index (χ0n) is 12.5. The van der Waals surface area contributed by atoms with Crippen molar-refractivity contribution in [3.8, 4) is 0 Å². The molecule has 0 amide bonds. The Morgan fingerprint density at radius 2 is 1.87 bits per heavy atom. The smallest absolute Gasteiger partial charge is 0.378 e. The normalized spacial score (nSPS) is 13.0. The molecule has 0 fully saturated rings. The fraction of sp³-hybridized carbons (Fsp3) is 0.500. The molecule has 0 aliphatic rings. The third kappa shape index (κ3) is 4.50. The summed E-state index contributed by atoms with van der Waals surface area (Å²) in [5.41, 5.74) is -6.29. The number of alkyl halides is 3. The van der Waals surface area contributed by atoms with E-state index in [4.69, 9.17) is 0 Å². The van der Waals surface area contributed by atoms with E-state index in [1.165, 1.54) is 11.8 Å². The van der Waals surface area contributed by atoms with Crippen LogP contribution >= 0.6 is 11.8 Å². The number of nitrogens with zero attached hydrogens (tertiary/aromatic N) is 1. The van der Waals surface area contributed by atoms with Gasteiger partial charge in [-0.3, -0.25) is 10.1 Å². The van der Waals surface area contributed by atoms with E-state index >= 15 is 0 Å². The summed E-state index contributed by atoms with van der Waals surface area (Å²) in [6.07, 6.45) is 1.84. The second kappa shape index (κ2) is 6.56. The summed E-state index contributed by atoms with van der Waals surface area (Å²) in [4.78, 5) is 8.94. The van der Waals surface area contributed by atoms with Crippen molar-refractivity contribution in [1.29, 1.82) is 0 Å². The van der Waals surface area contributed by atoms with Crippen molar-refractivity contribution in [2.45, 2.75) is 29.0 Å². The van der Waals surface area contributed by atoms with Crippen LogP contribution in [0.3, 0.4) is 0 Å². The molecule has 23 heavy (non-hydrogen) atoms. The number of benzene rings is 1. The highest BCUT2D eigenvalue weighted by atomic mass is 32.2. The molecule has 0 aromatic heterocycles. The zero-order valence-corrected chi connectivity index (χ0v) is 14.1. The molecule has 0 atom stereocenters. The van der Waals surface area contributed by atoms with E-state index in [2.05, 4.69) is 5.32 Å². The van der Waals surface area contributed by atoms with Crippen molar-refractivity contribution in [2.75, 3.05) is 18.1 Å². The SMILES string of the molecule is CSC(C)(C)CNc1ccc(S(=O)(=O)C(F)(F)F)cc1[N+](=O)[O-]. The van der Waals surface area contributed by atoms with Gasteiger partial charge in [0, 0.05) is 17.4 Å². The number of nitro benzene ring substituents is 1. The van der Waals surface area contributed by atoms with E-state index < -0.39 is 30.9 Å². The molecule has 1 aromatic rings. The third-order valence-electron chi connectivity index (χ3n) is 3.04. The van der Waals surface area contributed by atoms with Crippen molar-refractivity contribution in [3.05, 3.63) is 28.3 Å². The topological polar surface area (TPSA) is 89.3 Å². The number of anilines is 1. The average Bonchev–Trinajstić information content (AvgIpc) is 2.43. The Morgan fingerprint density at radius 1 is 1.30 bits per heavy atom. The Balaban J connectivity index is 3.26. The lowest BCUT2D eigenvalue weighted by molar-refractivity contribution is -0.384. The summed E-state index contributed by atoms with van der Waals surface area (Å²) < 4.78 is 60.0. The third-order valence-corrected chi connectivity index (χ3v) is 5.77.